The van der Waals surface area contributed by atoms with E-state index in [1.165, 1.54) is 0 Å². The number of hydrogen-bond acceptors (Lipinski definition) is 3. The van der Waals surface area contributed by atoms with E-state index in [2.05, 4.69) is 0 Å². The van der Waals surface area contributed by atoms with Crippen molar-refractivity contribution in [2.45, 2.75) is 11.8 Å². The molecule has 0 aromatic heterocycles. The number of hydrogen-bond donors (Lipinski definition) is 1. The van der Waals surface area contributed by atoms with E-state index in [0.29, 0.717) is 22.8 Å². The second-order valence-corrected chi connectivity index (χ2v) is 6.49. The molecular formula is C16H15ClN2OS. The number of anilines is 2. The first kappa shape index (κ1) is 14.3. The second-order valence-electron chi connectivity index (χ2n) is 4.94. The van der Waals surface area contributed by atoms with Gasteiger partial charge in [0.05, 0.1) is 5.69 Å². The molecular weight excluding hydrogens is 304 g/mol. The molecule has 5 heteroatoms. The highest BCUT2D eigenvalue weighted by atomic mass is 35.5. The first-order valence-electron chi connectivity index (χ1n) is 6.67. The van der Waals surface area contributed by atoms with E-state index in [-0.39, 0.29) is 5.91 Å². The molecule has 0 radical (unpaired) electrons. The molecule has 1 heterocycles. The van der Waals surface area contributed by atoms with Gasteiger partial charge >= 0.3 is 0 Å². The highest BCUT2D eigenvalue weighted by molar-refractivity contribution is 7.99. The van der Waals surface area contributed by atoms with Gasteiger partial charge < -0.3 is 10.6 Å². The smallest absolute Gasteiger partial charge is 0.258 e. The molecule has 2 N–H and O–H groups in total. The maximum atomic E-state index is 12.9. The molecule has 2 aromatic rings. The van der Waals surface area contributed by atoms with Crippen molar-refractivity contribution < 1.29 is 4.79 Å². The van der Waals surface area contributed by atoms with Crippen LogP contribution in [0.1, 0.15) is 15.9 Å². The van der Waals surface area contributed by atoms with Crippen LogP contribution in [0.5, 0.6) is 0 Å². The normalized spacial score (nSPS) is 13.9. The average Bonchev–Trinajstić information content (AvgIpc) is 2.48. The Hall–Kier alpha value is -1.65. The molecule has 0 bridgehead atoms. The van der Waals surface area contributed by atoms with E-state index in [4.69, 9.17) is 17.3 Å². The van der Waals surface area contributed by atoms with Gasteiger partial charge in [-0.2, -0.15) is 0 Å². The average molecular weight is 319 g/mol. The van der Waals surface area contributed by atoms with Crippen molar-refractivity contribution in [1.29, 1.82) is 0 Å². The Balaban J connectivity index is 2.04. The number of rotatable bonds is 1. The van der Waals surface area contributed by atoms with Crippen LogP contribution in [0.15, 0.2) is 41.3 Å². The molecule has 108 valence electrons. The summed E-state index contributed by atoms with van der Waals surface area (Å²) in [6, 6.07) is 11.1. The van der Waals surface area contributed by atoms with Gasteiger partial charge in [0, 0.05) is 33.5 Å². The molecule has 0 atom stereocenters. The molecule has 0 saturated heterocycles. The fraction of sp³-hybridized carbons (Fsp3) is 0.188. The SMILES string of the molecule is Cc1c(Cl)cccc1C(=O)N1CCSc2ccc(N)cc21. The van der Waals surface area contributed by atoms with Gasteiger partial charge in [-0.25, -0.2) is 0 Å². The van der Waals surface area contributed by atoms with E-state index < -0.39 is 0 Å². The first-order valence-corrected chi connectivity index (χ1v) is 8.03. The summed E-state index contributed by atoms with van der Waals surface area (Å²) in [4.78, 5) is 15.7. The molecule has 3 rings (SSSR count). The molecule has 2 aromatic carbocycles. The van der Waals surface area contributed by atoms with Crippen LogP contribution in [-0.2, 0) is 0 Å². The predicted octanol–water partition coefficient (Wildman–Crippen LogP) is 3.98. The third kappa shape index (κ3) is 2.61. The Morgan fingerprint density at radius 1 is 1.33 bits per heavy atom. The van der Waals surface area contributed by atoms with Crippen molar-refractivity contribution in [2.24, 2.45) is 0 Å². The number of carbonyl (C=O) groups excluding carboxylic acids is 1. The predicted molar refractivity (Wildman–Crippen MR) is 89.4 cm³/mol. The van der Waals surface area contributed by atoms with E-state index in [1.807, 2.05) is 37.3 Å². The Morgan fingerprint density at radius 3 is 2.95 bits per heavy atom. The molecule has 1 amide bonds. The zero-order valence-electron chi connectivity index (χ0n) is 11.6. The van der Waals surface area contributed by atoms with Gasteiger partial charge in [0.2, 0.25) is 0 Å². The van der Waals surface area contributed by atoms with Crippen LogP contribution in [-0.4, -0.2) is 18.2 Å². The summed E-state index contributed by atoms with van der Waals surface area (Å²) < 4.78 is 0. The molecule has 0 unspecified atom stereocenters. The fourth-order valence-electron chi connectivity index (χ4n) is 2.43. The zero-order chi connectivity index (χ0) is 15.0. The number of nitrogens with two attached hydrogens (primary N) is 1. The monoisotopic (exact) mass is 318 g/mol. The number of thioether (sulfide) groups is 1. The summed E-state index contributed by atoms with van der Waals surface area (Å²) in [6.07, 6.45) is 0. The molecule has 1 aliphatic rings. The Labute approximate surface area is 133 Å². The van der Waals surface area contributed by atoms with Crippen molar-refractivity contribution in [3.63, 3.8) is 0 Å². The maximum absolute atomic E-state index is 12.9. The topological polar surface area (TPSA) is 46.3 Å². The molecule has 0 saturated carbocycles. The van der Waals surface area contributed by atoms with Crippen LogP contribution in [0.2, 0.25) is 5.02 Å². The van der Waals surface area contributed by atoms with Gasteiger partial charge in [0.1, 0.15) is 0 Å². The number of nitrogens with zero attached hydrogens (tertiary/aromatic N) is 1. The highest BCUT2D eigenvalue weighted by Crippen LogP contribution is 2.37. The maximum Gasteiger partial charge on any atom is 0.258 e. The van der Waals surface area contributed by atoms with Gasteiger partial charge in [-0.1, -0.05) is 17.7 Å². The summed E-state index contributed by atoms with van der Waals surface area (Å²) in [7, 11) is 0. The van der Waals surface area contributed by atoms with Gasteiger partial charge in [-0.05, 0) is 42.8 Å². The fourth-order valence-corrected chi connectivity index (χ4v) is 3.58. The number of fused-ring (bicyclic) bond motifs is 1. The van der Waals surface area contributed by atoms with Crippen molar-refractivity contribution in [1.82, 2.24) is 0 Å². The lowest BCUT2D eigenvalue weighted by atomic mass is 10.1. The van der Waals surface area contributed by atoms with Crippen LogP contribution in [0.4, 0.5) is 11.4 Å². The third-order valence-corrected chi connectivity index (χ3v) is 5.04. The van der Waals surface area contributed by atoms with Crippen LogP contribution < -0.4 is 10.6 Å². The van der Waals surface area contributed by atoms with Crippen molar-refractivity contribution in [2.75, 3.05) is 22.9 Å². The lowest BCUT2D eigenvalue weighted by Gasteiger charge is -2.29. The molecule has 0 fully saturated rings. The summed E-state index contributed by atoms with van der Waals surface area (Å²) >= 11 is 7.87. The largest absolute Gasteiger partial charge is 0.399 e. The molecule has 0 spiro atoms. The van der Waals surface area contributed by atoms with Crippen molar-refractivity contribution in [3.05, 3.63) is 52.5 Å². The molecule has 0 aliphatic carbocycles. The number of halogens is 1. The van der Waals surface area contributed by atoms with Crippen LogP contribution in [0.3, 0.4) is 0 Å². The number of amides is 1. The van der Waals surface area contributed by atoms with Crippen molar-refractivity contribution >= 4 is 40.6 Å². The standard InChI is InChI=1S/C16H15ClN2OS/c1-10-12(3-2-4-13(10)17)16(20)19-7-8-21-15-6-5-11(18)9-14(15)19/h2-6,9H,7-8,18H2,1H3. The lowest BCUT2D eigenvalue weighted by molar-refractivity contribution is 0.0987. The minimum absolute atomic E-state index is 0.0258. The zero-order valence-corrected chi connectivity index (χ0v) is 13.2. The van der Waals surface area contributed by atoms with Crippen molar-refractivity contribution in [3.8, 4) is 0 Å². The van der Waals surface area contributed by atoms with E-state index in [1.54, 1.807) is 22.7 Å². The van der Waals surface area contributed by atoms with Gasteiger partial charge in [-0.3, -0.25) is 4.79 Å². The van der Waals surface area contributed by atoms with Crippen LogP contribution >= 0.6 is 23.4 Å². The van der Waals surface area contributed by atoms with Gasteiger partial charge in [-0.15, -0.1) is 11.8 Å². The Morgan fingerprint density at radius 2 is 2.14 bits per heavy atom. The molecule has 1 aliphatic heterocycles. The van der Waals surface area contributed by atoms with E-state index >= 15 is 0 Å². The number of carbonyl (C=O) groups is 1. The third-order valence-electron chi connectivity index (χ3n) is 3.59. The molecule has 21 heavy (non-hydrogen) atoms. The van der Waals surface area contributed by atoms with Crippen LogP contribution in [0.25, 0.3) is 0 Å². The Bertz CT molecular complexity index is 717. The summed E-state index contributed by atoms with van der Waals surface area (Å²) in [5.41, 5.74) is 8.87. The van der Waals surface area contributed by atoms with Gasteiger partial charge in [0.15, 0.2) is 0 Å². The van der Waals surface area contributed by atoms with E-state index in [9.17, 15) is 4.79 Å². The quantitative estimate of drug-likeness (QED) is 0.809. The number of nitrogen functional groups attached to an aromatic ring is 1. The first-order chi connectivity index (χ1) is 10.1. The number of benzene rings is 2. The summed E-state index contributed by atoms with van der Waals surface area (Å²) in [5.74, 6) is 0.851. The minimum Gasteiger partial charge on any atom is -0.399 e. The lowest BCUT2D eigenvalue weighted by Crippen LogP contribution is -2.35. The summed E-state index contributed by atoms with van der Waals surface area (Å²) in [6.45, 7) is 2.54. The summed E-state index contributed by atoms with van der Waals surface area (Å²) in [5, 5.41) is 0.611. The van der Waals surface area contributed by atoms with Gasteiger partial charge in [0.25, 0.3) is 5.91 Å². The molecule has 3 nitrogen and oxygen atoms in total. The minimum atomic E-state index is -0.0258. The Kier molecular flexibility index (Phi) is 3.83. The highest BCUT2D eigenvalue weighted by Gasteiger charge is 2.25. The van der Waals surface area contributed by atoms with Crippen LogP contribution in [0, 0.1) is 6.92 Å². The second kappa shape index (κ2) is 5.62. The van der Waals surface area contributed by atoms with E-state index in [0.717, 1.165) is 21.9 Å².